The van der Waals surface area contributed by atoms with Crippen molar-refractivity contribution < 1.29 is 9.90 Å². The van der Waals surface area contributed by atoms with E-state index in [1.54, 1.807) is 18.2 Å². The van der Waals surface area contributed by atoms with Crippen molar-refractivity contribution in [1.82, 2.24) is 9.47 Å². The normalized spacial score (nSPS) is 21.7. The van der Waals surface area contributed by atoms with Gasteiger partial charge in [0, 0.05) is 43.7 Å². The lowest BCUT2D eigenvalue weighted by Crippen LogP contribution is -2.49. The van der Waals surface area contributed by atoms with E-state index in [1.165, 1.54) is 0 Å². The molecule has 0 radical (unpaired) electrons. The zero-order valence-corrected chi connectivity index (χ0v) is 14.1. The minimum absolute atomic E-state index is 0.0688. The number of aromatic hydroxyl groups is 1. The number of phenolic OH excluding ortho intramolecular Hbond substituents is 1. The summed E-state index contributed by atoms with van der Waals surface area (Å²) in [5.41, 5.74) is 2.19. The lowest BCUT2D eigenvalue weighted by atomic mass is 9.83. The van der Waals surface area contributed by atoms with Gasteiger partial charge in [-0.05, 0) is 42.5 Å². The van der Waals surface area contributed by atoms with Crippen molar-refractivity contribution in [2.24, 2.45) is 5.92 Å². The fourth-order valence-corrected chi connectivity index (χ4v) is 4.17. The zero-order valence-electron chi connectivity index (χ0n) is 14.1. The van der Waals surface area contributed by atoms with Crippen molar-refractivity contribution in [2.45, 2.75) is 31.7 Å². The highest BCUT2D eigenvalue weighted by atomic mass is 16.3. The molecule has 2 bridgehead atoms. The maximum absolute atomic E-state index is 12.7. The number of benzene rings is 1. The Balaban J connectivity index is 1.44. The first-order valence-electron chi connectivity index (χ1n) is 8.85. The smallest absolute Gasteiger partial charge is 0.250 e. The summed E-state index contributed by atoms with van der Waals surface area (Å²) in [6.45, 7) is 2.16. The Morgan fingerprint density at radius 3 is 2.68 bits per heavy atom. The molecule has 1 fully saturated rings. The molecule has 1 aromatic heterocycles. The van der Waals surface area contributed by atoms with E-state index in [4.69, 9.17) is 0 Å². The summed E-state index contributed by atoms with van der Waals surface area (Å²) >= 11 is 0. The molecule has 1 aromatic carbocycles. The molecule has 2 atom stereocenters. The quantitative estimate of drug-likeness (QED) is 0.932. The van der Waals surface area contributed by atoms with Gasteiger partial charge < -0.3 is 14.6 Å². The largest absolute Gasteiger partial charge is 0.508 e. The van der Waals surface area contributed by atoms with Gasteiger partial charge in [-0.25, -0.2) is 0 Å². The molecule has 5 nitrogen and oxygen atoms in total. The molecule has 2 aliphatic rings. The maximum atomic E-state index is 12.7. The summed E-state index contributed by atoms with van der Waals surface area (Å²) in [6, 6.07) is 12.5. The van der Waals surface area contributed by atoms with Crippen molar-refractivity contribution >= 4 is 5.91 Å². The van der Waals surface area contributed by atoms with Gasteiger partial charge in [-0.15, -0.1) is 0 Å². The Hall–Kier alpha value is -2.56. The van der Waals surface area contributed by atoms with E-state index in [9.17, 15) is 14.7 Å². The van der Waals surface area contributed by atoms with Gasteiger partial charge in [0.15, 0.2) is 0 Å². The molecule has 0 saturated carbocycles. The first kappa shape index (κ1) is 15.9. The number of piperidine rings is 1. The summed E-state index contributed by atoms with van der Waals surface area (Å²) in [4.78, 5) is 26.7. The number of rotatable bonds is 3. The number of hydrogen-bond acceptors (Lipinski definition) is 3. The zero-order chi connectivity index (χ0) is 17.4. The highest BCUT2D eigenvalue weighted by molar-refractivity contribution is 5.76. The topological polar surface area (TPSA) is 62.5 Å². The van der Waals surface area contributed by atoms with Crippen LogP contribution >= 0.6 is 0 Å². The average Bonchev–Trinajstić information content (AvgIpc) is 2.62. The number of fused-ring (bicyclic) bond motifs is 4. The van der Waals surface area contributed by atoms with Crippen LogP contribution in [0.5, 0.6) is 5.75 Å². The second-order valence-corrected chi connectivity index (χ2v) is 7.16. The standard InChI is InChI=1S/C20H22N2O3/c23-17-7-4-14(5-8-17)6-9-19(24)21-11-15-10-16(13-21)18-2-1-3-20(25)22(18)12-15/h1-5,7-8,15-16,23H,6,9-13H2/t15-,16+/m1/s1. The predicted octanol–water partition coefficient (Wildman–Crippen LogP) is 2.13. The molecule has 2 aromatic rings. The van der Waals surface area contributed by atoms with Gasteiger partial charge in [-0.1, -0.05) is 18.2 Å². The average molecular weight is 338 g/mol. The Labute approximate surface area is 146 Å². The molecule has 1 saturated heterocycles. The van der Waals surface area contributed by atoms with Crippen LogP contribution in [0.2, 0.25) is 0 Å². The number of pyridine rings is 1. The number of carbonyl (C=O) groups excluding carboxylic acids is 1. The van der Waals surface area contributed by atoms with Gasteiger partial charge in [-0.2, -0.15) is 0 Å². The Morgan fingerprint density at radius 2 is 1.88 bits per heavy atom. The number of carbonyl (C=O) groups is 1. The summed E-state index contributed by atoms with van der Waals surface area (Å²) in [5.74, 6) is 1.05. The minimum atomic E-state index is 0.0688. The predicted molar refractivity (Wildman–Crippen MR) is 94.6 cm³/mol. The van der Waals surface area contributed by atoms with Gasteiger partial charge in [0.05, 0.1) is 0 Å². The third-order valence-corrected chi connectivity index (χ3v) is 5.40. The molecule has 1 N–H and O–H groups in total. The van der Waals surface area contributed by atoms with E-state index in [0.717, 1.165) is 24.2 Å². The number of aryl methyl sites for hydroxylation is 1. The van der Waals surface area contributed by atoms with Crippen molar-refractivity contribution in [2.75, 3.05) is 13.1 Å². The fourth-order valence-electron chi connectivity index (χ4n) is 4.17. The van der Waals surface area contributed by atoms with Gasteiger partial charge in [0.2, 0.25) is 5.91 Å². The van der Waals surface area contributed by atoms with Gasteiger partial charge >= 0.3 is 0 Å². The third kappa shape index (κ3) is 3.18. The molecule has 25 heavy (non-hydrogen) atoms. The van der Waals surface area contributed by atoms with E-state index >= 15 is 0 Å². The van der Waals surface area contributed by atoms with Crippen LogP contribution in [0, 0.1) is 5.92 Å². The van der Waals surface area contributed by atoms with Crippen molar-refractivity contribution in [3.05, 3.63) is 64.1 Å². The fraction of sp³-hybridized carbons (Fsp3) is 0.400. The van der Waals surface area contributed by atoms with E-state index in [0.29, 0.717) is 31.8 Å². The summed E-state index contributed by atoms with van der Waals surface area (Å²) in [5, 5.41) is 9.33. The first-order valence-corrected chi connectivity index (χ1v) is 8.85. The molecule has 3 heterocycles. The SMILES string of the molecule is O=C(CCc1ccc(O)cc1)N1C[C@H]2C[C@@H](C1)c1cccc(=O)n1C2. The highest BCUT2D eigenvalue weighted by Gasteiger charge is 2.35. The van der Waals surface area contributed by atoms with Crippen LogP contribution < -0.4 is 5.56 Å². The Bertz CT molecular complexity index is 841. The monoisotopic (exact) mass is 338 g/mol. The van der Waals surface area contributed by atoms with Gasteiger partial charge in [0.25, 0.3) is 5.56 Å². The minimum Gasteiger partial charge on any atom is -0.508 e. The molecule has 130 valence electrons. The number of aromatic nitrogens is 1. The lowest BCUT2D eigenvalue weighted by Gasteiger charge is -2.42. The molecule has 2 aliphatic heterocycles. The van der Waals surface area contributed by atoms with E-state index in [1.807, 2.05) is 33.7 Å². The molecule has 0 aliphatic carbocycles. The van der Waals surface area contributed by atoms with Crippen LogP contribution in [0.15, 0.2) is 47.3 Å². The van der Waals surface area contributed by atoms with E-state index in [2.05, 4.69) is 0 Å². The summed E-state index contributed by atoms with van der Waals surface area (Å²) < 4.78 is 1.89. The van der Waals surface area contributed by atoms with Crippen LogP contribution in [0.1, 0.15) is 30.0 Å². The van der Waals surface area contributed by atoms with Crippen molar-refractivity contribution in [3.8, 4) is 5.75 Å². The van der Waals surface area contributed by atoms with Crippen LogP contribution in [0.25, 0.3) is 0 Å². The van der Waals surface area contributed by atoms with E-state index in [-0.39, 0.29) is 23.1 Å². The number of hydrogen-bond donors (Lipinski definition) is 1. The number of amides is 1. The summed E-state index contributed by atoms with van der Waals surface area (Å²) in [7, 11) is 0. The molecule has 4 rings (SSSR count). The maximum Gasteiger partial charge on any atom is 0.250 e. The summed E-state index contributed by atoms with van der Waals surface area (Å²) in [6.07, 6.45) is 2.22. The number of phenols is 1. The van der Waals surface area contributed by atoms with Gasteiger partial charge in [0.1, 0.15) is 5.75 Å². The molecule has 5 heteroatoms. The third-order valence-electron chi connectivity index (χ3n) is 5.40. The second kappa shape index (κ2) is 6.39. The second-order valence-electron chi connectivity index (χ2n) is 7.16. The highest BCUT2D eigenvalue weighted by Crippen LogP contribution is 2.35. The number of nitrogens with zero attached hydrogens (tertiary/aromatic N) is 2. The molecule has 1 amide bonds. The van der Waals surface area contributed by atoms with Gasteiger partial charge in [-0.3, -0.25) is 9.59 Å². The molecule has 0 unspecified atom stereocenters. The van der Waals surface area contributed by atoms with Crippen LogP contribution in [-0.4, -0.2) is 33.6 Å². The van der Waals surface area contributed by atoms with Crippen LogP contribution in [-0.2, 0) is 17.8 Å². The molecule has 0 spiro atoms. The van der Waals surface area contributed by atoms with Crippen molar-refractivity contribution in [1.29, 1.82) is 0 Å². The Morgan fingerprint density at radius 1 is 1.08 bits per heavy atom. The van der Waals surface area contributed by atoms with Crippen molar-refractivity contribution in [3.63, 3.8) is 0 Å². The number of likely N-dealkylation sites (tertiary alicyclic amines) is 1. The molecular weight excluding hydrogens is 316 g/mol. The Kier molecular flexibility index (Phi) is 4.07. The van der Waals surface area contributed by atoms with Crippen LogP contribution in [0.4, 0.5) is 0 Å². The van der Waals surface area contributed by atoms with Crippen LogP contribution in [0.3, 0.4) is 0 Å². The molecular formula is C20H22N2O3. The lowest BCUT2D eigenvalue weighted by molar-refractivity contribution is -0.133. The first-order chi connectivity index (χ1) is 12.1. The van der Waals surface area contributed by atoms with E-state index < -0.39 is 0 Å².